The van der Waals surface area contributed by atoms with Gasteiger partial charge in [-0.25, -0.2) is 9.48 Å². The zero-order chi connectivity index (χ0) is 21.5. The number of rotatable bonds is 8. The van der Waals surface area contributed by atoms with Gasteiger partial charge in [-0.3, -0.25) is 9.56 Å². The van der Waals surface area contributed by atoms with Crippen LogP contribution in [0.1, 0.15) is 30.7 Å². The van der Waals surface area contributed by atoms with Gasteiger partial charge in [0.05, 0.1) is 0 Å². The Kier molecular flexibility index (Phi) is 10.0. The second kappa shape index (κ2) is 12.2. The van der Waals surface area contributed by atoms with Crippen LogP contribution in [0.3, 0.4) is 0 Å². The highest BCUT2D eigenvalue weighted by Crippen LogP contribution is 2.24. The first-order valence-corrected chi connectivity index (χ1v) is 10.2. The smallest absolute Gasteiger partial charge is 0.387 e. The molecule has 0 fully saturated rings. The number of benzene rings is 1. The van der Waals surface area contributed by atoms with E-state index in [-0.39, 0.29) is 42.0 Å². The fraction of sp³-hybridized carbons (Fsp3) is 0.526. The summed E-state index contributed by atoms with van der Waals surface area (Å²) in [6.07, 6.45) is 3.60. The Morgan fingerprint density at radius 1 is 1.35 bits per heavy atom. The molecule has 2 heterocycles. The average Bonchev–Trinajstić information content (AvgIpc) is 3.05. The molecule has 0 bridgehead atoms. The number of hydrogen-bond donors (Lipinski definition) is 2. The first-order chi connectivity index (χ1) is 14.5. The van der Waals surface area contributed by atoms with E-state index in [1.165, 1.54) is 16.8 Å². The van der Waals surface area contributed by atoms with E-state index in [4.69, 9.17) is 11.6 Å². The Labute approximate surface area is 201 Å². The van der Waals surface area contributed by atoms with E-state index in [1.54, 1.807) is 17.7 Å². The van der Waals surface area contributed by atoms with E-state index in [0.717, 1.165) is 31.6 Å². The van der Waals surface area contributed by atoms with Gasteiger partial charge in [-0.15, -0.1) is 24.0 Å². The van der Waals surface area contributed by atoms with Crippen molar-refractivity contribution in [2.75, 3.05) is 13.6 Å². The molecule has 8 nitrogen and oxygen atoms in total. The minimum atomic E-state index is -2.92. The van der Waals surface area contributed by atoms with Gasteiger partial charge < -0.3 is 15.4 Å². The number of nitrogens with one attached hydrogen (secondary N) is 2. The van der Waals surface area contributed by atoms with Crippen molar-refractivity contribution < 1.29 is 13.5 Å². The van der Waals surface area contributed by atoms with E-state index in [2.05, 4.69) is 25.5 Å². The summed E-state index contributed by atoms with van der Waals surface area (Å²) < 4.78 is 32.9. The zero-order valence-corrected chi connectivity index (χ0v) is 20.2. The largest absolute Gasteiger partial charge is 0.434 e. The summed E-state index contributed by atoms with van der Waals surface area (Å²) in [4.78, 5) is 16.4. The van der Waals surface area contributed by atoms with Crippen LogP contribution in [0.15, 0.2) is 28.0 Å². The maximum Gasteiger partial charge on any atom is 0.387 e. The summed E-state index contributed by atoms with van der Waals surface area (Å²) in [6, 6.07) is 4.46. The fourth-order valence-corrected chi connectivity index (χ4v) is 3.52. The highest BCUT2D eigenvalue weighted by molar-refractivity contribution is 14.0. The minimum absolute atomic E-state index is 0. The van der Waals surface area contributed by atoms with E-state index in [0.29, 0.717) is 36.1 Å². The molecule has 1 aromatic heterocycles. The van der Waals surface area contributed by atoms with Crippen LogP contribution >= 0.6 is 35.6 Å². The van der Waals surface area contributed by atoms with Crippen molar-refractivity contribution in [2.24, 2.45) is 4.99 Å². The molecule has 31 heavy (non-hydrogen) atoms. The van der Waals surface area contributed by atoms with E-state index in [9.17, 15) is 13.6 Å². The highest BCUT2D eigenvalue weighted by atomic mass is 127. The molecule has 0 amide bonds. The van der Waals surface area contributed by atoms with Gasteiger partial charge >= 0.3 is 12.3 Å². The summed E-state index contributed by atoms with van der Waals surface area (Å²) in [7, 11) is 1.61. The Morgan fingerprint density at radius 2 is 2.16 bits per heavy atom. The third kappa shape index (κ3) is 7.06. The van der Waals surface area contributed by atoms with Crippen LogP contribution in [0.2, 0.25) is 5.02 Å². The molecule has 1 aromatic carbocycles. The Balaban J connectivity index is 0.00000341. The lowest BCUT2D eigenvalue weighted by atomic mass is 10.2. The van der Waals surface area contributed by atoms with Gasteiger partial charge in [0.1, 0.15) is 11.6 Å². The van der Waals surface area contributed by atoms with Crippen molar-refractivity contribution >= 4 is 41.5 Å². The molecule has 0 spiro atoms. The molecule has 0 saturated heterocycles. The van der Waals surface area contributed by atoms with Gasteiger partial charge in [-0.2, -0.15) is 13.9 Å². The van der Waals surface area contributed by atoms with Crippen molar-refractivity contribution in [1.29, 1.82) is 0 Å². The number of halogens is 4. The first kappa shape index (κ1) is 25.4. The van der Waals surface area contributed by atoms with Crippen LogP contribution in [0.4, 0.5) is 8.78 Å². The topological polar surface area (TPSA) is 85.5 Å². The SMILES string of the molecule is CN=C(NCCCn1nc2n(c1=O)CCCC2)NCc1cc(Cl)ccc1OC(F)F.I. The van der Waals surface area contributed by atoms with Crippen molar-refractivity contribution in [3.8, 4) is 5.75 Å². The molecule has 2 N–H and O–H groups in total. The van der Waals surface area contributed by atoms with Gasteiger partial charge in [0, 0.05) is 50.2 Å². The lowest BCUT2D eigenvalue weighted by Crippen LogP contribution is -2.38. The quantitative estimate of drug-likeness (QED) is 0.221. The van der Waals surface area contributed by atoms with Crippen LogP contribution in [-0.2, 0) is 26.1 Å². The standard InChI is InChI=1S/C19H25ClF2N6O2.HI/c1-23-18(25-12-13-11-14(20)6-7-15(13)30-17(21)22)24-8-4-10-28-19(29)27-9-3-2-5-16(27)26-28;/h6-7,11,17H,2-5,8-10,12H2,1H3,(H2,23,24,25);1H. The molecule has 1 aliphatic rings. The lowest BCUT2D eigenvalue weighted by Gasteiger charge is -2.15. The van der Waals surface area contributed by atoms with Gasteiger partial charge in [-0.05, 0) is 37.5 Å². The molecule has 172 valence electrons. The highest BCUT2D eigenvalue weighted by Gasteiger charge is 2.16. The molecule has 0 unspecified atom stereocenters. The van der Waals surface area contributed by atoms with Crippen molar-refractivity contribution in [2.45, 2.75) is 51.9 Å². The number of aryl methyl sites for hydroxylation is 2. The minimum Gasteiger partial charge on any atom is -0.434 e. The van der Waals surface area contributed by atoms with Crippen LogP contribution < -0.4 is 21.1 Å². The molecular formula is C19H26ClF2IN6O2. The Bertz CT molecular complexity index is 950. The number of fused-ring (bicyclic) bond motifs is 1. The molecule has 3 rings (SSSR count). The third-order valence-electron chi connectivity index (χ3n) is 4.78. The van der Waals surface area contributed by atoms with Crippen molar-refractivity contribution in [3.63, 3.8) is 0 Å². The van der Waals surface area contributed by atoms with Gasteiger partial charge in [0.25, 0.3) is 0 Å². The number of guanidine groups is 1. The molecule has 0 radical (unpaired) electrons. The van der Waals surface area contributed by atoms with Crippen LogP contribution in [0.25, 0.3) is 0 Å². The number of nitrogens with zero attached hydrogens (tertiary/aromatic N) is 4. The zero-order valence-electron chi connectivity index (χ0n) is 17.1. The van der Waals surface area contributed by atoms with Gasteiger partial charge in [-0.1, -0.05) is 11.6 Å². The lowest BCUT2D eigenvalue weighted by molar-refractivity contribution is -0.0504. The molecule has 0 aliphatic carbocycles. The van der Waals surface area contributed by atoms with Crippen LogP contribution in [-0.4, -0.2) is 40.5 Å². The first-order valence-electron chi connectivity index (χ1n) is 9.82. The van der Waals surface area contributed by atoms with Crippen molar-refractivity contribution in [3.05, 3.63) is 45.1 Å². The number of aliphatic imine (C=N–C) groups is 1. The molecular weight excluding hydrogens is 545 g/mol. The second-order valence-electron chi connectivity index (χ2n) is 6.87. The molecule has 0 saturated carbocycles. The molecule has 1 aliphatic heterocycles. The normalized spacial score (nSPS) is 13.5. The number of alkyl halides is 2. The molecule has 12 heteroatoms. The predicted molar refractivity (Wildman–Crippen MR) is 126 cm³/mol. The summed E-state index contributed by atoms with van der Waals surface area (Å²) >= 11 is 5.96. The molecule has 0 atom stereocenters. The average molecular weight is 571 g/mol. The van der Waals surface area contributed by atoms with E-state index >= 15 is 0 Å². The maximum absolute atomic E-state index is 12.6. The predicted octanol–water partition coefficient (Wildman–Crippen LogP) is 3.01. The number of aromatic nitrogens is 3. The fourth-order valence-electron chi connectivity index (χ4n) is 3.33. The van der Waals surface area contributed by atoms with Crippen LogP contribution in [0, 0.1) is 0 Å². The second-order valence-corrected chi connectivity index (χ2v) is 7.30. The Hall–Kier alpha value is -1.89. The Morgan fingerprint density at radius 3 is 2.87 bits per heavy atom. The molecule has 2 aromatic rings. The third-order valence-corrected chi connectivity index (χ3v) is 5.01. The van der Waals surface area contributed by atoms with Crippen LogP contribution in [0.5, 0.6) is 5.75 Å². The number of hydrogen-bond acceptors (Lipinski definition) is 4. The summed E-state index contributed by atoms with van der Waals surface area (Å²) in [5.74, 6) is 1.41. The summed E-state index contributed by atoms with van der Waals surface area (Å²) in [5, 5.41) is 11.0. The van der Waals surface area contributed by atoms with E-state index < -0.39 is 6.61 Å². The van der Waals surface area contributed by atoms with Gasteiger partial charge in [0.15, 0.2) is 5.96 Å². The monoisotopic (exact) mass is 570 g/mol. The maximum atomic E-state index is 12.6. The summed E-state index contributed by atoms with van der Waals surface area (Å²) in [6.45, 7) is -0.910. The van der Waals surface area contributed by atoms with Crippen molar-refractivity contribution in [1.82, 2.24) is 25.0 Å². The van der Waals surface area contributed by atoms with E-state index in [1.807, 2.05) is 0 Å². The van der Waals surface area contributed by atoms with Gasteiger partial charge in [0.2, 0.25) is 0 Å². The number of ether oxygens (including phenoxy) is 1. The summed E-state index contributed by atoms with van der Waals surface area (Å²) in [5.41, 5.74) is 0.431.